The first kappa shape index (κ1) is 13.3. The maximum absolute atomic E-state index is 11.9. The van der Waals surface area contributed by atoms with E-state index in [0.717, 1.165) is 13.0 Å². The quantitative estimate of drug-likeness (QED) is 0.718. The van der Waals surface area contributed by atoms with Crippen molar-refractivity contribution in [2.75, 3.05) is 17.6 Å². The summed E-state index contributed by atoms with van der Waals surface area (Å²) in [4.78, 5) is 20.2. The van der Waals surface area contributed by atoms with Gasteiger partial charge in [0.05, 0.1) is 6.54 Å². The van der Waals surface area contributed by atoms with E-state index in [1.54, 1.807) is 0 Å². The predicted octanol–water partition coefficient (Wildman–Crippen LogP) is 0.860. The van der Waals surface area contributed by atoms with Gasteiger partial charge in [0.15, 0.2) is 11.0 Å². The van der Waals surface area contributed by atoms with E-state index < -0.39 is 0 Å². The second kappa shape index (κ2) is 6.14. The smallest absolute Gasteiger partial charge is 0.265 e. The van der Waals surface area contributed by atoms with Gasteiger partial charge in [0.1, 0.15) is 10.7 Å². The molecule has 0 fully saturated rings. The first-order chi connectivity index (χ1) is 9.20. The van der Waals surface area contributed by atoms with E-state index in [1.807, 2.05) is 6.92 Å². The maximum Gasteiger partial charge on any atom is 0.265 e. The number of carbonyl (C=O) groups excluding carboxylic acids is 1. The molecule has 0 aromatic carbocycles. The molecule has 0 bridgehead atoms. The van der Waals surface area contributed by atoms with E-state index in [4.69, 9.17) is 5.73 Å². The number of rotatable bonds is 6. The molecule has 4 N–H and O–H groups in total. The molecule has 0 saturated heterocycles. The summed E-state index contributed by atoms with van der Waals surface area (Å²) in [7, 11) is 0. The van der Waals surface area contributed by atoms with Crippen molar-refractivity contribution >= 4 is 28.2 Å². The highest BCUT2D eigenvalue weighted by Gasteiger charge is 2.16. The lowest BCUT2D eigenvalue weighted by atomic mass is 10.4. The van der Waals surface area contributed by atoms with Gasteiger partial charge in [0.2, 0.25) is 6.39 Å². The van der Waals surface area contributed by atoms with Gasteiger partial charge in [-0.3, -0.25) is 4.79 Å². The lowest BCUT2D eigenvalue weighted by Gasteiger charge is -1.99. The molecule has 2 heterocycles. The summed E-state index contributed by atoms with van der Waals surface area (Å²) < 4.78 is 4.57. The van der Waals surface area contributed by atoms with Crippen LogP contribution in [0.1, 0.15) is 28.8 Å². The van der Waals surface area contributed by atoms with Crippen LogP contribution in [0.5, 0.6) is 0 Å². The van der Waals surface area contributed by atoms with Crippen LogP contribution in [-0.2, 0) is 6.54 Å². The van der Waals surface area contributed by atoms with Gasteiger partial charge in [-0.1, -0.05) is 23.4 Å². The lowest BCUT2D eigenvalue weighted by Crippen LogP contribution is -2.23. The van der Waals surface area contributed by atoms with Gasteiger partial charge >= 0.3 is 0 Å². The summed E-state index contributed by atoms with van der Waals surface area (Å²) in [6, 6.07) is 0. The van der Waals surface area contributed by atoms with Gasteiger partial charge in [0, 0.05) is 6.54 Å². The van der Waals surface area contributed by atoms with E-state index in [9.17, 15) is 4.79 Å². The van der Waals surface area contributed by atoms with E-state index in [2.05, 4.69) is 30.3 Å². The molecule has 8 nitrogen and oxygen atoms in total. The van der Waals surface area contributed by atoms with Crippen LogP contribution in [0, 0.1) is 0 Å². The summed E-state index contributed by atoms with van der Waals surface area (Å²) in [5.41, 5.74) is 5.71. The highest BCUT2D eigenvalue weighted by atomic mass is 32.1. The zero-order valence-electron chi connectivity index (χ0n) is 10.3. The van der Waals surface area contributed by atoms with E-state index >= 15 is 0 Å². The number of nitrogens with one attached hydrogen (secondary N) is 2. The molecule has 102 valence electrons. The van der Waals surface area contributed by atoms with Gasteiger partial charge in [0.25, 0.3) is 5.91 Å². The SMILES string of the molecule is CCCNc1nc(N)c(C(=O)NCc2ncon2)s1. The minimum Gasteiger partial charge on any atom is -0.382 e. The third-order valence-corrected chi connectivity index (χ3v) is 3.23. The molecule has 0 atom stereocenters. The number of amides is 1. The van der Waals surface area contributed by atoms with Crippen LogP contribution in [0.25, 0.3) is 0 Å². The largest absolute Gasteiger partial charge is 0.382 e. The third kappa shape index (κ3) is 3.41. The molecule has 2 rings (SSSR count). The molecule has 19 heavy (non-hydrogen) atoms. The van der Waals surface area contributed by atoms with E-state index in [-0.39, 0.29) is 18.3 Å². The Bertz CT molecular complexity index is 538. The summed E-state index contributed by atoms with van der Waals surface area (Å²) in [6.45, 7) is 3.02. The predicted molar refractivity (Wildman–Crippen MR) is 70.8 cm³/mol. The van der Waals surface area contributed by atoms with Crippen LogP contribution in [-0.4, -0.2) is 27.6 Å². The molecule has 2 aromatic rings. The Balaban J connectivity index is 1.96. The molecule has 1 amide bonds. The van der Waals surface area contributed by atoms with Crippen molar-refractivity contribution in [2.24, 2.45) is 0 Å². The van der Waals surface area contributed by atoms with Gasteiger partial charge in [-0.2, -0.15) is 4.98 Å². The third-order valence-electron chi connectivity index (χ3n) is 2.20. The second-order valence-corrected chi connectivity index (χ2v) is 4.69. The fraction of sp³-hybridized carbons (Fsp3) is 0.400. The number of carbonyl (C=O) groups is 1. The van der Waals surface area contributed by atoms with E-state index in [1.165, 1.54) is 17.7 Å². The monoisotopic (exact) mass is 282 g/mol. The van der Waals surface area contributed by atoms with Crippen LogP contribution in [0.4, 0.5) is 10.9 Å². The Labute approximate surface area is 113 Å². The van der Waals surface area contributed by atoms with Crippen molar-refractivity contribution in [1.29, 1.82) is 0 Å². The Hall–Kier alpha value is -2.16. The molecule has 9 heteroatoms. The Morgan fingerprint density at radius 3 is 3.11 bits per heavy atom. The molecule has 0 aliphatic carbocycles. The summed E-state index contributed by atoms with van der Waals surface area (Å²) >= 11 is 1.22. The lowest BCUT2D eigenvalue weighted by molar-refractivity contribution is 0.0954. The topological polar surface area (TPSA) is 119 Å². The zero-order valence-corrected chi connectivity index (χ0v) is 11.2. The van der Waals surface area contributed by atoms with Crippen molar-refractivity contribution in [2.45, 2.75) is 19.9 Å². The summed E-state index contributed by atoms with van der Waals surface area (Å²) in [6.07, 6.45) is 2.17. The van der Waals surface area contributed by atoms with Crippen LogP contribution in [0.2, 0.25) is 0 Å². The highest BCUT2D eigenvalue weighted by molar-refractivity contribution is 7.18. The first-order valence-corrected chi connectivity index (χ1v) is 6.56. The van der Waals surface area contributed by atoms with Crippen LogP contribution >= 0.6 is 11.3 Å². The van der Waals surface area contributed by atoms with Crippen molar-refractivity contribution in [3.63, 3.8) is 0 Å². The van der Waals surface area contributed by atoms with Crippen LogP contribution in [0.3, 0.4) is 0 Å². The number of anilines is 2. The number of nitrogens with two attached hydrogens (primary N) is 1. The summed E-state index contributed by atoms with van der Waals surface area (Å²) in [5, 5.41) is 9.97. The normalized spacial score (nSPS) is 10.4. The van der Waals surface area contributed by atoms with Crippen molar-refractivity contribution in [1.82, 2.24) is 20.4 Å². The molecule has 0 saturated carbocycles. The number of hydrogen-bond donors (Lipinski definition) is 3. The average molecular weight is 282 g/mol. The highest BCUT2D eigenvalue weighted by Crippen LogP contribution is 2.24. The standard InChI is InChI=1S/C10H14N6O2S/c1-2-3-12-10-15-8(11)7(19-10)9(17)13-4-6-14-5-18-16-6/h5H,2-4,11H2,1H3,(H,12,15)(H,13,17). The maximum atomic E-state index is 11.9. The Morgan fingerprint density at radius 2 is 2.42 bits per heavy atom. The molecule has 0 aliphatic rings. The van der Waals surface area contributed by atoms with Gasteiger partial charge in [-0.05, 0) is 6.42 Å². The first-order valence-electron chi connectivity index (χ1n) is 5.74. The number of nitrogen functional groups attached to an aromatic ring is 1. The van der Waals surface area contributed by atoms with Gasteiger partial charge in [-0.25, -0.2) is 4.98 Å². The number of thiazole rings is 1. The molecule has 0 radical (unpaired) electrons. The minimum atomic E-state index is -0.302. The number of nitrogens with zero attached hydrogens (tertiary/aromatic N) is 3. The molecular formula is C10H14N6O2S. The Morgan fingerprint density at radius 1 is 1.58 bits per heavy atom. The average Bonchev–Trinajstić information content (AvgIpc) is 3.03. The van der Waals surface area contributed by atoms with E-state index in [0.29, 0.717) is 15.8 Å². The number of hydrogen-bond acceptors (Lipinski definition) is 8. The zero-order chi connectivity index (χ0) is 13.7. The van der Waals surface area contributed by atoms with Crippen LogP contribution in [0.15, 0.2) is 10.9 Å². The number of aromatic nitrogens is 3. The van der Waals surface area contributed by atoms with Gasteiger partial charge in [-0.15, -0.1) is 0 Å². The molecule has 0 aliphatic heterocycles. The molecule has 0 spiro atoms. The molecule has 0 unspecified atom stereocenters. The fourth-order valence-electron chi connectivity index (χ4n) is 1.31. The Kier molecular flexibility index (Phi) is 4.29. The molecule has 2 aromatic heterocycles. The van der Waals surface area contributed by atoms with Crippen molar-refractivity contribution in [3.8, 4) is 0 Å². The molecular weight excluding hydrogens is 268 g/mol. The van der Waals surface area contributed by atoms with Crippen LogP contribution < -0.4 is 16.4 Å². The van der Waals surface area contributed by atoms with Crippen molar-refractivity contribution < 1.29 is 9.32 Å². The fourth-order valence-corrected chi connectivity index (χ4v) is 2.14. The summed E-state index contributed by atoms with van der Waals surface area (Å²) in [5.74, 6) is 0.319. The minimum absolute atomic E-state index is 0.185. The second-order valence-electron chi connectivity index (χ2n) is 3.69. The van der Waals surface area contributed by atoms with Gasteiger partial charge < -0.3 is 20.9 Å². The van der Waals surface area contributed by atoms with Crippen molar-refractivity contribution in [3.05, 3.63) is 17.1 Å².